The normalized spacial score (nSPS) is 17.2. The molecule has 1 aliphatic rings. The van der Waals surface area contributed by atoms with E-state index in [0.717, 1.165) is 25.7 Å². The first-order valence-electron chi connectivity index (χ1n) is 9.23. The third kappa shape index (κ3) is 5.69. The molecule has 0 saturated carbocycles. The molecule has 0 unspecified atom stereocenters. The van der Waals surface area contributed by atoms with Crippen LogP contribution in [0.3, 0.4) is 0 Å². The van der Waals surface area contributed by atoms with Crippen molar-refractivity contribution in [1.29, 1.82) is 0 Å². The van der Waals surface area contributed by atoms with Crippen LogP contribution in [-0.4, -0.2) is 40.0 Å². The minimum Gasteiger partial charge on any atom is -0.284 e. The van der Waals surface area contributed by atoms with E-state index in [1.165, 1.54) is 10.4 Å². The summed E-state index contributed by atoms with van der Waals surface area (Å²) in [5.74, 6) is 0.302. The number of benzene rings is 1. The second-order valence-corrected chi connectivity index (χ2v) is 11.2. The molecule has 2 rings (SSSR count). The summed E-state index contributed by atoms with van der Waals surface area (Å²) in [7, 11) is -7.12. The van der Waals surface area contributed by atoms with E-state index in [0.29, 0.717) is 30.8 Å². The van der Waals surface area contributed by atoms with Crippen LogP contribution in [0.15, 0.2) is 23.1 Å². The lowest BCUT2D eigenvalue weighted by Gasteiger charge is -2.21. The Balaban J connectivity index is 2.26. The Labute approximate surface area is 158 Å². The molecule has 1 aliphatic heterocycles. The standard InChI is InChI=1S/C18H30N2O4S2/c1-15(2)10-13-25(21,22)19-17-9-8-16(3)18(14-17)26(23,24)20-11-6-4-5-7-12-20/h8-9,14-15,19H,4-7,10-13H2,1-3H3. The number of nitrogens with one attached hydrogen (secondary N) is 1. The fraction of sp³-hybridized carbons (Fsp3) is 0.667. The highest BCUT2D eigenvalue weighted by molar-refractivity contribution is 7.92. The van der Waals surface area contributed by atoms with Gasteiger partial charge in [0.1, 0.15) is 0 Å². The van der Waals surface area contributed by atoms with Crippen LogP contribution in [0.4, 0.5) is 5.69 Å². The van der Waals surface area contributed by atoms with Crippen molar-refractivity contribution < 1.29 is 16.8 Å². The highest BCUT2D eigenvalue weighted by Gasteiger charge is 2.27. The van der Waals surface area contributed by atoms with E-state index in [9.17, 15) is 16.8 Å². The molecule has 0 atom stereocenters. The van der Waals surface area contributed by atoms with Crippen molar-refractivity contribution in [3.05, 3.63) is 23.8 Å². The topological polar surface area (TPSA) is 83.5 Å². The maximum Gasteiger partial charge on any atom is 0.243 e. The molecule has 0 aliphatic carbocycles. The van der Waals surface area contributed by atoms with Gasteiger partial charge in [-0.1, -0.05) is 32.8 Å². The summed E-state index contributed by atoms with van der Waals surface area (Å²) in [6.45, 7) is 6.71. The quantitative estimate of drug-likeness (QED) is 0.758. The van der Waals surface area contributed by atoms with Crippen LogP contribution in [0.1, 0.15) is 51.5 Å². The monoisotopic (exact) mass is 402 g/mol. The molecule has 1 aromatic rings. The largest absolute Gasteiger partial charge is 0.284 e. The lowest BCUT2D eigenvalue weighted by atomic mass is 10.2. The Morgan fingerprint density at radius 3 is 2.23 bits per heavy atom. The van der Waals surface area contributed by atoms with Gasteiger partial charge in [0.15, 0.2) is 0 Å². The van der Waals surface area contributed by atoms with Crippen molar-refractivity contribution in [3.8, 4) is 0 Å². The Kier molecular flexibility index (Phi) is 7.10. The highest BCUT2D eigenvalue weighted by Crippen LogP contribution is 2.26. The lowest BCUT2D eigenvalue weighted by Crippen LogP contribution is -2.32. The maximum absolute atomic E-state index is 13.0. The fourth-order valence-corrected chi connectivity index (χ4v) is 6.12. The summed E-state index contributed by atoms with van der Waals surface area (Å²) in [4.78, 5) is 0.184. The molecule has 6 nitrogen and oxygen atoms in total. The summed E-state index contributed by atoms with van der Waals surface area (Å²) in [5, 5.41) is 0. The minimum atomic E-state index is -3.62. The Morgan fingerprint density at radius 1 is 1.04 bits per heavy atom. The zero-order valence-corrected chi connectivity index (χ0v) is 17.5. The van der Waals surface area contributed by atoms with Crippen LogP contribution < -0.4 is 4.72 Å². The maximum atomic E-state index is 13.0. The molecule has 0 radical (unpaired) electrons. The molecule has 148 valence electrons. The number of anilines is 1. The van der Waals surface area contributed by atoms with Crippen molar-refractivity contribution >= 4 is 25.7 Å². The van der Waals surface area contributed by atoms with Gasteiger partial charge in [-0.25, -0.2) is 16.8 Å². The van der Waals surface area contributed by atoms with Crippen LogP contribution in [0.25, 0.3) is 0 Å². The number of nitrogens with zero attached hydrogens (tertiary/aromatic N) is 1. The van der Waals surface area contributed by atoms with E-state index in [4.69, 9.17) is 0 Å². The van der Waals surface area contributed by atoms with Gasteiger partial charge >= 0.3 is 0 Å². The molecule has 1 heterocycles. The third-order valence-corrected chi connectivity index (χ3v) is 7.97. The van der Waals surface area contributed by atoms with Crippen LogP contribution in [0.5, 0.6) is 0 Å². The summed E-state index contributed by atoms with van der Waals surface area (Å²) in [6.07, 6.45) is 4.36. The molecule has 8 heteroatoms. The van der Waals surface area contributed by atoms with Gasteiger partial charge in [-0.3, -0.25) is 4.72 Å². The van der Waals surface area contributed by atoms with Crippen molar-refractivity contribution in [1.82, 2.24) is 4.31 Å². The number of aryl methyl sites for hydroxylation is 1. The van der Waals surface area contributed by atoms with Gasteiger partial charge in [0, 0.05) is 18.8 Å². The first-order chi connectivity index (χ1) is 12.1. The van der Waals surface area contributed by atoms with E-state index in [-0.39, 0.29) is 16.6 Å². The molecule has 1 N–H and O–H groups in total. The fourth-order valence-electron chi connectivity index (χ4n) is 2.98. The van der Waals surface area contributed by atoms with Crippen molar-refractivity contribution in [2.75, 3.05) is 23.6 Å². The van der Waals surface area contributed by atoms with E-state index < -0.39 is 20.0 Å². The smallest absolute Gasteiger partial charge is 0.243 e. The Morgan fingerprint density at radius 2 is 1.65 bits per heavy atom. The van der Waals surface area contributed by atoms with Crippen LogP contribution >= 0.6 is 0 Å². The number of sulfonamides is 2. The predicted molar refractivity (Wildman–Crippen MR) is 105 cm³/mol. The van der Waals surface area contributed by atoms with Crippen LogP contribution in [-0.2, 0) is 20.0 Å². The zero-order chi connectivity index (χ0) is 19.4. The molecule has 1 aromatic carbocycles. The summed E-state index contributed by atoms with van der Waals surface area (Å²) in [6, 6.07) is 4.72. The van der Waals surface area contributed by atoms with E-state index >= 15 is 0 Å². The number of rotatable bonds is 7. The van der Waals surface area contributed by atoms with Crippen molar-refractivity contribution in [3.63, 3.8) is 0 Å². The number of hydrogen-bond donors (Lipinski definition) is 1. The molecule has 1 saturated heterocycles. The molecule has 0 amide bonds. The average Bonchev–Trinajstić information content (AvgIpc) is 2.84. The molecular weight excluding hydrogens is 372 g/mol. The highest BCUT2D eigenvalue weighted by atomic mass is 32.2. The lowest BCUT2D eigenvalue weighted by molar-refractivity contribution is 0.423. The third-order valence-electron chi connectivity index (χ3n) is 4.61. The van der Waals surface area contributed by atoms with Gasteiger partial charge in [0.25, 0.3) is 0 Å². The van der Waals surface area contributed by atoms with Gasteiger partial charge < -0.3 is 0 Å². The van der Waals surface area contributed by atoms with Crippen molar-refractivity contribution in [2.45, 2.75) is 57.8 Å². The van der Waals surface area contributed by atoms with E-state index in [1.807, 2.05) is 13.8 Å². The van der Waals surface area contributed by atoms with Gasteiger partial charge in [-0.15, -0.1) is 0 Å². The second kappa shape index (κ2) is 8.71. The van der Waals surface area contributed by atoms with E-state index in [2.05, 4.69) is 4.72 Å². The SMILES string of the molecule is Cc1ccc(NS(=O)(=O)CCC(C)C)cc1S(=O)(=O)N1CCCCCC1. The molecule has 0 spiro atoms. The van der Waals surface area contributed by atoms with E-state index in [1.54, 1.807) is 19.1 Å². The van der Waals surface area contributed by atoms with Crippen molar-refractivity contribution in [2.24, 2.45) is 5.92 Å². The molecular formula is C18H30N2O4S2. The molecule has 0 aromatic heterocycles. The first-order valence-corrected chi connectivity index (χ1v) is 12.3. The second-order valence-electron chi connectivity index (χ2n) is 7.40. The Bertz CT molecular complexity index is 810. The Hall–Kier alpha value is -1.12. The minimum absolute atomic E-state index is 0.0206. The van der Waals surface area contributed by atoms with Gasteiger partial charge in [0.05, 0.1) is 10.6 Å². The zero-order valence-electron chi connectivity index (χ0n) is 15.9. The number of hydrogen-bond acceptors (Lipinski definition) is 4. The first kappa shape index (κ1) is 21.2. The molecule has 26 heavy (non-hydrogen) atoms. The van der Waals surface area contributed by atoms with Gasteiger partial charge in [-0.2, -0.15) is 4.31 Å². The summed E-state index contributed by atoms with van der Waals surface area (Å²) >= 11 is 0. The molecule has 1 fully saturated rings. The molecule has 0 bridgehead atoms. The van der Waals surface area contributed by atoms with Crippen LogP contribution in [0, 0.1) is 12.8 Å². The van der Waals surface area contributed by atoms with Gasteiger partial charge in [-0.05, 0) is 49.8 Å². The predicted octanol–water partition coefficient (Wildman–Crippen LogP) is 3.35. The van der Waals surface area contributed by atoms with Gasteiger partial charge in [0.2, 0.25) is 20.0 Å². The average molecular weight is 403 g/mol. The van der Waals surface area contributed by atoms with Crippen LogP contribution in [0.2, 0.25) is 0 Å². The summed E-state index contributed by atoms with van der Waals surface area (Å²) in [5.41, 5.74) is 0.923. The summed E-state index contributed by atoms with van der Waals surface area (Å²) < 4.78 is 54.6.